The van der Waals surface area contributed by atoms with Crippen molar-refractivity contribution in [2.24, 2.45) is 0 Å². The second-order valence-electron chi connectivity index (χ2n) is 7.27. The first-order chi connectivity index (χ1) is 8.71. The fraction of sp³-hybridized carbons (Fsp3) is 0.929. The van der Waals surface area contributed by atoms with Crippen LogP contribution in [0.2, 0.25) is 18.1 Å². The van der Waals surface area contributed by atoms with Crippen LogP contribution in [0.15, 0.2) is 0 Å². The highest BCUT2D eigenvalue weighted by Gasteiger charge is 2.40. The van der Waals surface area contributed by atoms with E-state index in [1.807, 2.05) is 4.90 Å². The molecule has 0 N–H and O–H groups in total. The van der Waals surface area contributed by atoms with E-state index in [4.69, 9.17) is 9.16 Å². The standard InChI is InChI=1S/C14H27NO3Si/c1-14(2,3)19(4,5)18-9-11-6-7-13(16)15(11)8-12-10-17-12/h11-12H,6-10H2,1-5H3. The van der Waals surface area contributed by atoms with Crippen LogP contribution in [0.5, 0.6) is 0 Å². The molecule has 1 amide bonds. The lowest BCUT2D eigenvalue weighted by atomic mass is 10.2. The largest absolute Gasteiger partial charge is 0.415 e. The highest BCUT2D eigenvalue weighted by Crippen LogP contribution is 2.37. The lowest BCUT2D eigenvalue weighted by Crippen LogP contribution is -2.46. The highest BCUT2D eigenvalue weighted by molar-refractivity contribution is 6.74. The fourth-order valence-electron chi connectivity index (χ4n) is 2.13. The number of rotatable bonds is 5. The van der Waals surface area contributed by atoms with E-state index >= 15 is 0 Å². The average molecular weight is 285 g/mol. The van der Waals surface area contributed by atoms with Crippen molar-refractivity contribution in [3.8, 4) is 0 Å². The Kier molecular flexibility index (Phi) is 4.09. The normalized spacial score (nSPS) is 28.1. The Balaban J connectivity index is 1.89. The van der Waals surface area contributed by atoms with Crippen molar-refractivity contribution in [3.05, 3.63) is 0 Å². The molecule has 2 aliphatic heterocycles. The second kappa shape index (κ2) is 5.18. The third-order valence-electron chi connectivity index (χ3n) is 4.70. The van der Waals surface area contributed by atoms with Gasteiger partial charge in [-0.15, -0.1) is 0 Å². The van der Waals surface area contributed by atoms with Crippen molar-refractivity contribution in [1.82, 2.24) is 4.90 Å². The fourth-order valence-corrected chi connectivity index (χ4v) is 3.17. The molecule has 0 aliphatic carbocycles. The number of amides is 1. The predicted molar refractivity (Wildman–Crippen MR) is 77.6 cm³/mol. The Labute approximate surface area is 117 Å². The van der Waals surface area contributed by atoms with E-state index in [-0.39, 0.29) is 23.1 Å². The molecule has 0 radical (unpaired) electrons. The van der Waals surface area contributed by atoms with Gasteiger partial charge in [-0.3, -0.25) is 4.79 Å². The van der Waals surface area contributed by atoms with Gasteiger partial charge in [-0.2, -0.15) is 0 Å². The van der Waals surface area contributed by atoms with Crippen LogP contribution < -0.4 is 0 Å². The smallest absolute Gasteiger partial charge is 0.223 e. The molecule has 0 bridgehead atoms. The maximum Gasteiger partial charge on any atom is 0.223 e. The molecule has 0 spiro atoms. The number of hydrogen-bond acceptors (Lipinski definition) is 3. The van der Waals surface area contributed by atoms with Gasteiger partial charge < -0.3 is 14.1 Å². The topological polar surface area (TPSA) is 42.1 Å². The van der Waals surface area contributed by atoms with Gasteiger partial charge in [0.15, 0.2) is 8.32 Å². The number of epoxide rings is 1. The van der Waals surface area contributed by atoms with E-state index in [1.165, 1.54) is 0 Å². The molecule has 2 atom stereocenters. The predicted octanol–water partition coefficient (Wildman–Crippen LogP) is 2.40. The van der Waals surface area contributed by atoms with E-state index in [0.29, 0.717) is 13.0 Å². The first-order valence-electron chi connectivity index (χ1n) is 7.26. The Morgan fingerprint density at radius 3 is 2.58 bits per heavy atom. The molecule has 2 unspecified atom stereocenters. The summed E-state index contributed by atoms with van der Waals surface area (Å²) in [7, 11) is -1.72. The number of hydrogen-bond donors (Lipinski definition) is 0. The summed E-state index contributed by atoms with van der Waals surface area (Å²) in [5, 5.41) is 0.222. The Morgan fingerprint density at radius 2 is 2.05 bits per heavy atom. The molecule has 2 heterocycles. The molecule has 0 aromatic heterocycles. The van der Waals surface area contributed by atoms with Crippen LogP contribution in [0.25, 0.3) is 0 Å². The molecular formula is C14H27NO3Si. The maximum atomic E-state index is 11.9. The minimum atomic E-state index is -1.72. The van der Waals surface area contributed by atoms with Crippen molar-refractivity contribution in [2.75, 3.05) is 19.8 Å². The van der Waals surface area contributed by atoms with Crippen LogP contribution in [-0.4, -0.2) is 51.0 Å². The summed E-state index contributed by atoms with van der Waals surface area (Å²) < 4.78 is 11.5. The van der Waals surface area contributed by atoms with Crippen LogP contribution in [0.4, 0.5) is 0 Å². The minimum absolute atomic E-state index is 0.222. The van der Waals surface area contributed by atoms with Gasteiger partial charge in [-0.25, -0.2) is 0 Å². The van der Waals surface area contributed by atoms with E-state index in [2.05, 4.69) is 33.9 Å². The number of carbonyl (C=O) groups is 1. The van der Waals surface area contributed by atoms with Gasteiger partial charge in [0.2, 0.25) is 5.91 Å². The van der Waals surface area contributed by atoms with Crippen molar-refractivity contribution >= 4 is 14.2 Å². The zero-order valence-corrected chi connectivity index (χ0v) is 13.9. The second-order valence-corrected chi connectivity index (χ2v) is 12.1. The van der Waals surface area contributed by atoms with Gasteiger partial charge in [0.05, 0.1) is 25.4 Å². The van der Waals surface area contributed by atoms with E-state index < -0.39 is 8.32 Å². The van der Waals surface area contributed by atoms with Crippen LogP contribution in [0, 0.1) is 0 Å². The van der Waals surface area contributed by atoms with Crippen molar-refractivity contribution in [1.29, 1.82) is 0 Å². The zero-order valence-electron chi connectivity index (χ0n) is 12.9. The number of likely N-dealkylation sites (tertiary alicyclic amines) is 1. The summed E-state index contributed by atoms with van der Waals surface area (Å²) in [5.74, 6) is 0.263. The third-order valence-corrected chi connectivity index (χ3v) is 9.20. The summed E-state index contributed by atoms with van der Waals surface area (Å²) >= 11 is 0. The van der Waals surface area contributed by atoms with E-state index in [9.17, 15) is 4.79 Å². The SMILES string of the molecule is CC(C)(C)[Si](C)(C)OCC1CCC(=O)N1CC1CO1. The summed E-state index contributed by atoms with van der Waals surface area (Å²) in [6.45, 7) is 13.5. The highest BCUT2D eigenvalue weighted by atomic mass is 28.4. The monoisotopic (exact) mass is 285 g/mol. The zero-order chi connectivity index (χ0) is 14.3. The number of carbonyl (C=O) groups excluding carboxylic acids is 1. The third kappa shape index (κ3) is 3.58. The molecule has 5 heteroatoms. The summed E-state index contributed by atoms with van der Waals surface area (Å²) in [4.78, 5) is 13.9. The van der Waals surface area contributed by atoms with E-state index in [0.717, 1.165) is 19.6 Å². The van der Waals surface area contributed by atoms with Gasteiger partial charge in [-0.05, 0) is 24.6 Å². The van der Waals surface area contributed by atoms with Crippen LogP contribution in [0.1, 0.15) is 33.6 Å². The van der Waals surface area contributed by atoms with E-state index in [1.54, 1.807) is 0 Å². The Hall–Kier alpha value is -0.393. The van der Waals surface area contributed by atoms with Crippen LogP contribution in [-0.2, 0) is 14.0 Å². The number of ether oxygens (including phenoxy) is 1. The molecule has 2 fully saturated rings. The lowest BCUT2D eigenvalue weighted by Gasteiger charge is -2.38. The molecule has 0 aromatic carbocycles. The first-order valence-corrected chi connectivity index (χ1v) is 10.2. The lowest BCUT2D eigenvalue weighted by molar-refractivity contribution is -0.129. The average Bonchev–Trinajstić information content (AvgIpc) is 3.02. The van der Waals surface area contributed by atoms with Gasteiger partial charge >= 0.3 is 0 Å². The minimum Gasteiger partial charge on any atom is -0.415 e. The Bertz CT molecular complexity index is 347. The summed E-state index contributed by atoms with van der Waals surface area (Å²) in [6, 6.07) is 0.255. The molecule has 4 nitrogen and oxygen atoms in total. The van der Waals surface area contributed by atoms with Gasteiger partial charge in [0.1, 0.15) is 0 Å². The van der Waals surface area contributed by atoms with Gasteiger partial charge in [-0.1, -0.05) is 20.8 Å². The molecule has 19 heavy (non-hydrogen) atoms. The quantitative estimate of drug-likeness (QED) is 0.575. The number of nitrogens with zero attached hydrogens (tertiary/aromatic N) is 1. The molecule has 0 aromatic rings. The van der Waals surface area contributed by atoms with Crippen molar-refractivity contribution < 1.29 is 14.0 Å². The van der Waals surface area contributed by atoms with Gasteiger partial charge in [0.25, 0.3) is 0 Å². The molecule has 2 saturated heterocycles. The molecular weight excluding hydrogens is 258 g/mol. The maximum absolute atomic E-state index is 11.9. The summed E-state index contributed by atoms with van der Waals surface area (Å²) in [5.41, 5.74) is 0. The van der Waals surface area contributed by atoms with Crippen molar-refractivity contribution in [2.45, 2.75) is 63.9 Å². The molecule has 110 valence electrons. The van der Waals surface area contributed by atoms with Crippen LogP contribution >= 0.6 is 0 Å². The Morgan fingerprint density at radius 1 is 1.42 bits per heavy atom. The molecule has 2 aliphatic rings. The summed E-state index contributed by atoms with van der Waals surface area (Å²) in [6.07, 6.45) is 1.87. The van der Waals surface area contributed by atoms with Crippen molar-refractivity contribution in [3.63, 3.8) is 0 Å². The first kappa shape index (κ1) is 15.0. The van der Waals surface area contributed by atoms with Crippen LogP contribution in [0.3, 0.4) is 0 Å². The molecule has 0 saturated carbocycles. The molecule has 2 rings (SSSR count). The van der Waals surface area contributed by atoms with Gasteiger partial charge in [0, 0.05) is 13.0 Å².